The van der Waals surface area contributed by atoms with Gasteiger partial charge < -0.3 is 10.2 Å². The van der Waals surface area contributed by atoms with Gasteiger partial charge >= 0.3 is 22.4 Å². The van der Waals surface area contributed by atoms with Gasteiger partial charge in [-0.1, -0.05) is 26.7 Å². The van der Waals surface area contributed by atoms with Crippen LogP contribution in [0.5, 0.6) is 0 Å². The quantitative estimate of drug-likeness (QED) is 0.608. The number of aryl methyl sites for hydroxylation is 2. The Morgan fingerprint density at radius 3 is 2.38 bits per heavy atom. The molecule has 0 saturated heterocycles. The van der Waals surface area contributed by atoms with E-state index in [9.17, 15) is 0 Å². The van der Waals surface area contributed by atoms with Crippen LogP contribution >= 0.6 is 0 Å². The summed E-state index contributed by atoms with van der Waals surface area (Å²) in [6, 6.07) is 0. The van der Waals surface area contributed by atoms with E-state index < -0.39 is 0 Å². The first-order valence-electron chi connectivity index (χ1n) is 4.71. The van der Waals surface area contributed by atoms with E-state index in [-0.39, 0.29) is 22.4 Å². The first-order valence-corrected chi connectivity index (χ1v) is 4.71. The molecule has 1 rings (SSSR count). The predicted octanol–water partition coefficient (Wildman–Crippen LogP) is 2.39. The van der Waals surface area contributed by atoms with E-state index in [2.05, 4.69) is 17.1 Å². The SMILES string of the molecule is CCCCCc1c(C)n[n-]c1C.[Au+]. The van der Waals surface area contributed by atoms with Crippen LogP contribution in [0.25, 0.3) is 0 Å². The van der Waals surface area contributed by atoms with Crippen LogP contribution in [0.3, 0.4) is 0 Å². The van der Waals surface area contributed by atoms with Gasteiger partial charge in [-0.05, 0) is 25.3 Å². The Kier molecular flexibility index (Phi) is 6.39. The Balaban J connectivity index is 0.00000144. The molecular weight excluding hydrogens is 345 g/mol. The molecule has 0 fully saturated rings. The zero-order valence-corrected chi connectivity index (χ0v) is 10.7. The van der Waals surface area contributed by atoms with E-state index in [4.69, 9.17) is 0 Å². The van der Waals surface area contributed by atoms with Crippen LogP contribution in [-0.4, -0.2) is 5.10 Å². The normalized spacial score (nSPS) is 9.77. The molecule has 13 heavy (non-hydrogen) atoms. The summed E-state index contributed by atoms with van der Waals surface area (Å²) in [6.07, 6.45) is 5.01. The summed E-state index contributed by atoms with van der Waals surface area (Å²) in [5.41, 5.74) is 3.59. The van der Waals surface area contributed by atoms with Crippen molar-refractivity contribution in [3.05, 3.63) is 17.0 Å². The van der Waals surface area contributed by atoms with Crippen LogP contribution in [0.4, 0.5) is 0 Å². The first kappa shape index (κ1) is 13.0. The minimum absolute atomic E-state index is 0. The van der Waals surface area contributed by atoms with Crippen molar-refractivity contribution in [2.24, 2.45) is 0 Å². The number of hydrogen-bond acceptors (Lipinski definition) is 1. The molecule has 0 aliphatic rings. The van der Waals surface area contributed by atoms with Crippen molar-refractivity contribution in [2.75, 3.05) is 0 Å². The van der Waals surface area contributed by atoms with Crippen LogP contribution in [0, 0.1) is 13.8 Å². The third-order valence-corrected chi connectivity index (χ3v) is 2.25. The monoisotopic (exact) mass is 362 g/mol. The number of hydrogen-bond donors (Lipinski definition) is 0. The fraction of sp³-hybridized carbons (Fsp3) is 0.700. The van der Waals surface area contributed by atoms with Gasteiger partial charge in [0.2, 0.25) is 0 Å². The standard InChI is InChI=1S/C10H17N2.Au/c1-4-5-6-7-10-8(2)11-12-9(10)3;/h4-7H2,1-3H3;/q-1;+1. The molecule has 0 N–H and O–H groups in total. The molecule has 1 heterocycles. The molecule has 0 aromatic carbocycles. The maximum atomic E-state index is 4.04. The molecule has 0 saturated carbocycles. The number of nitrogens with zero attached hydrogens (tertiary/aromatic N) is 2. The zero-order valence-electron chi connectivity index (χ0n) is 8.52. The van der Waals surface area contributed by atoms with Crippen molar-refractivity contribution in [2.45, 2.75) is 46.5 Å². The second-order valence-corrected chi connectivity index (χ2v) is 3.31. The van der Waals surface area contributed by atoms with E-state index in [0.29, 0.717) is 0 Å². The minimum Gasteiger partial charge on any atom is -0.579 e. The average Bonchev–Trinajstić information content (AvgIpc) is 2.35. The third kappa shape index (κ3) is 3.67. The molecule has 1 aromatic heterocycles. The van der Waals surface area contributed by atoms with Gasteiger partial charge in [-0.25, -0.2) is 0 Å². The third-order valence-electron chi connectivity index (χ3n) is 2.25. The van der Waals surface area contributed by atoms with Crippen molar-refractivity contribution < 1.29 is 22.4 Å². The maximum Gasteiger partial charge on any atom is 1.00 e. The zero-order chi connectivity index (χ0) is 8.97. The Bertz CT molecular complexity index is 224. The molecule has 0 bridgehead atoms. The van der Waals surface area contributed by atoms with Gasteiger partial charge in [0.1, 0.15) is 0 Å². The van der Waals surface area contributed by atoms with Crippen LogP contribution in [0.2, 0.25) is 0 Å². The summed E-state index contributed by atoms with van der Waals surface area (Å²) >= 11 is 0. The molecule has 1 aromatic rings. The van der Waals surface area contributed by atoms with Crippen molar-refractivity contribution in [1.82, 2.24) is 10.2 Å². The van der Waals surface area contributed by atoms with Crippen LogP contribution < -0.4 is 5.10 Å². The molecule has 0 unspecified atom stereocenters. The summed E-state index contributed by atoms with van der Waals surface area (Å²) in [6.45, 7) is 6.31. The molecule has 0 radical (unpaired) electrons. The molecular formula is C10H17AuN2. The summed E-state index contributed by atoms with van der Waals surface area (Å²) in [5, 5.41) is 8.09. The van der Waals surface area contributed by atoms with Crippen LogP contribution in [0.1, 0.15) is 43.1 Å². The Morgan fingerprint density at radius 1 is 1.23 bits per heavy atom. The molecule has 3 heteroatoms. The van der Waals surface area contributed by atoms with Gasteiger partial charge in [0.15, 0.2) is 0 Å². The van der Waals surface area contributed by atoms with E-state index in [1.165, 1.54) is 24.8 Å². The summed E-state index contributed by atoms with van der Waals surface area (Å²) in [7, 11) is 0. The van der Waals surface area contributed by atoms with Crippen molar-refractivity contribution >= 4 is 0 Å². The van der Waals surface area contributed by atoms with Gasteiger partial charge in [0.25, 0.3) is 0 Å². The molecule has 0 spiro atoms. The van der Waals surface area contributed by atoms with E-state index >= 15 is 0 Å². The van der Waals surface area contributed by atoms with Crippen molar-refractivity contribution in [1.29, 1.82) is 0 Å². The topological polar surface area (TPSA) is 27.0 Å². The smallest absolute Gasteiger partial charge is 0.579 e. The molecule has 2 nitrogen and oxygen atoms in total. The fourth-order valence-corrected chi connectivity index (χ4v) is 1.45. The first-order chi connectivity index (χ1) is 5.75. The minimum atomic E-state index is 0. The van der Waals surface area contributed by atoms with E-state index in [0.717, 1.165) is 17.8 Å². The van der Waals surface area contributed by atoms with Gasteiger partial charge in [-0.2, -0.15) is 0 Å². The molecule has 0 aliphatic carbocycles. The molecule has 0 atom stereocenters. The van der Waals surface area contributed by atoms with Gasteiger partial charge in [-0.15, -0.1) is 5.69 Å². The number of rotatable bonds is 4. The molecule has 0 aliphatic heterocycles. The van der Waals surface area contributed by atoms with Gasteiger partial charge in [-0.3, -0.25) is 0 Å². The number of aromatic nitrogens is 2. The second kappa shape index (κ2) is 6.41. The maximum absolute atomic E-state index is 4.04. The van der Waals surface area contributed by atoms with Gasteiger partial charge in [0.05, 0.1) is 0 Å². The molecule has 78 valence electrons. The summed E-state index contributed by atoms with van der Waals surface area (Å²) in [4.78, 5) is 0. The van der Waals surface area contributed by atoms with Gasteiger partial charge in [0, 0.05) is 5.69 Å². The number of unbranched alkanes of at least 4 members (excludes halogenated alkanes) is 2. The van der Waals surface area contributed by atoms with Crippen molar-refractivity contribution in [3.63, 3.8) is 0 Å². The van der Waals surface area contributed by atoms with Crippen LogP contribution in [-0.2, 0) is 28.8 Å². The summed E-state index contributed by atoms with van der Waals surface area (Å²) < 4.78 is 0. The predicted molar refractivity (Wildman–Crippen MR) is 50.3 cm³/mol. The summed E-state index contributed by atoms with van der Waals surface area (Å²) in [5.74, 6) is 0. The molecule has 0 amide bonds. The Hall–Kier alpha value is -0.0497. The van der Waals surface area contributed by atoms with Crippen molar-refractivity contribution in [3.8, 4) is 0 Å². The van der Waals surface area contributed by atoms with Crippen LogP contribution in [0.15, 0.2) is 0 Å². The van der Waals surface area contributed by atoms with E-state index in [1.54, 1.807) is 0 Å². The second-order valence-electron chi connectivity index (χ2n) is 3.31. The fourth-order valence-electron chi connectivity index (χ4n) is 1.45. The largest absolute Gasteiger partial charge is 1.00 e. The average molecular weight is 362 g/mol. The Labute approximate surface area is 96.0 Å². The Morgan fingerprint density at radius 2 is 1.92 bits per heavy atom. The van der Waals surface area contributed by atoms with E-state index in [1.807, 2.05) is 13.8 Å².